The standard InChI is InChI=1S/C10H16N2O2/c1-7(5-11)10(14)12(2)6-8-3-9(13)4-8/h7-9,13H,3-4,6H2,1-2H3. The summed E-state index contributed by atoms with van der Waals surface area (Å²) in [6.45, 7) is 2.26. The molecule has 0 aliphatic heterocycles. The molecule has 78 valence electrons. The summed E-state index contributed by atoms with van der Waals surface area (Å²) in [5, 5.41) is 17.6. The van der Waals surface area contributed by atoms with Crippen LogP contribution >= 0.6 is 0 Å². The number of amides is 1. The van der Waals surface area contributed by atoms with Crippen molar-refractivity contribution in [3.05, 3.63) is 0 Å². The lowest BCUT2D eigenvalue weighted by Crippen LogP contribution is -2.41. The second kappa shape index (κ2) is 4.43. The van der Waals surface area contributed by atoms with Gasteiger partial charge in [0.15, 0.2) is 0 Å². The van der Waals surface area contributed by atoms with Crippen LogP contribution in [-0.2, 0) is 4.79 Å². The van der Waals surface area contributed by atoms with Crippen molar-refractivity contribution in [2.75, 3.05) is 13.6 Å². The second-order valence-electron chi connectivity index (χ2n) is 4.06. The molecule has 4 heteroatoms. The third-order valence-electron chi connectivity index (χ3n) is 2.68. The Morgan fingerprint density at radius 3 is 2.71 bits per heavy atom. The first kappa shape index (κ1) is 11.0. The Hall–Kier alpha value is -1.08. The zero-order valence-corrected chi connectivity index (χ0v) is 8.60. The van der Waals surface area contributed by atoms with Gasteiger partial charge in [-0.3, -0.25) is 4.79 Å². The summed E-state index contributed by atoms with van der Waals surface area (Å²) in [5.74, 6) is -0.288. The summed E-state index contributed by atoms with van der Waals surface area (Å²) in [6.07, 6.45) is 1.37. The molecular formula is C10H16N2O2. The largest absolute Gasteiger partial charge is 0.393 e. The summed E-state index contributed by atoms with van der Waals surface area (Å²) < 4.78 is 0. The highest BCUT2D eigenvalue weighted by molar-refractivity contribution is 5.80. The molecule has 1 rings (SSSR count). The maximum atomic E-state index is 11.5. The van der Waals surface area contributed by atoms with Crippen molar-refractivity contribution >= 4 is 5.91 Å². The molecule has 0 saturated heterocycles. The summed E-state index contributed by atoms with van der Waals surface area (Å²) in [5.41, 5.74) is 0. The monoisotopic (exact) mass is 196 g/mol. The molecule has 1 saturated carbocycles. The minimum absolute atomic E-state index is 0.131. The van der Waals surface area contributed by atoms with E-state index in [0.717, 1.165) is 12.8 Å². The minimum atomic E-state index is -0.565. The number of nitriles is 1. The predicted octanol–water partition coefficient (Wildman–Crippen LogP) is 0.375. The molecule has 1 amide bonds. The molecule has 1 aliphatic carbocycles. The first-order chi connectivity index (χ1) is 6.54. The van der Waals surface area contributed by atoms with Crippen molar-refractivity contribution in [3.63, 3.8) is 0 Å². The molecule has 0 aromatic heterocycles. The highest BCUT2D eigenvalue weighted by atomic mass is 16.3. The zero-order valence-electron chi connectivity index (χ0n) is 8.60. The third kappa shape index (κ3) is 2.46. The van der Waals surface area contributed by atoms with E-state index in [1.54, 1.807) is 18.9 Å². The Morgan fingerprint density at radius 2 is 2.29 bits per heavy atom. The normalized spacial score (nSPS) is 27.3. The Balaban J connectivity index is 2.32. The van der Waals surface area contributed by atoms with Crippen molar-refractivity contribution in [1.82, 2.24) is 4.90 Å². The van der Waals surface area contributed by atoms with Gasteiger partial charge in [0, 0.05) is 13.6 Å². The zero-order chi connectivity index (χ0) is 10.7. The van der Waals surface area contributed by atoms with Crippen molar-refractivity contribution in [2.45, 2.75) is 25.9 Å². The van der Waals surface area contributed by atoms with Gasteiger partial charge in [-0.05, 0) is 25.7 Å². The van der Waals surface area contributed by atoms with Crippen LogP contribution in [0, 0.1) is 23.2 Å². The number of carbonyl (C=O) groups excluding carboxylic acids is 1. The van der Waals surface area contributed by atoms with Crippen LogP contribution < -0.4 is 0 Å². The Bertz CT molecular complexity index is 253. The fraction of sp³-hybridized carbons (Fsp3) is 0.800. The molecule has 14 heavy (non-hydrogen) atoms. The van der Waals surface area contributed by atoms with Gasteiger partial charge in [0.05, 0.1) is 12.2 Å². The van der Waals surface area contributed by atoms with Crippen molar-refractivity contribution < 1.29 is 9.90 Å². The average molecular weight is 196 g/mol. The van der Waals surface area contributed by atoms with Gasteiger partial charge in [0.1, 0.15) is 5.92 Å². The molecule has 0 aromatic rings. The van der Waals surface area contributed by atoms with Gasteiger partial charge >= 0.3 is 0 Å². The molecular weight excluding hydrogens is 180 g/mol. The lowest BCUT2D eigenvalue weighted by molar-refractivity contribution is -0.133. The molecule has 0 aromatic carbocycles. The van der Waals surface area contributed by atoms with Gasteiger partial charge in [0.25, 0.3) is 0 Å². The SMILES string of the molecule is CC(C#N)C(=O)N(C)CC1CC(O)C1. The predicted molar refractivity (Wildman–Crippen MR) is 51.1 cm³/mol. The van der Waals surface area contributed by atoms with E-state index in [9.17, 15) is 4.79 Å². The molecule has 0 heterocycles. The Labute approximate surface area is 84.1 Å². The van der Waals surface area contributed by atoms with Gasteiger partial charge in [0.2, 0.25) is 5.91 Å². The number of hydrogen-bond donors (Lipinski definition) is 1. The number of aliphatic hydroxyl groups excluding tert-OH is 1. The highest BCUT2D eigenvalue weighted by Crippen LogP contribution is 2.27. The minimum Gasteiger partial charge on any atom is -0.393 e. The first-order valence-corrected chi connectivity index (χ1v) is 4.87. The van der Waals surface area contributed by atoms with Crippen LogP contribution in [0.1, 0.15) is 19.8 Å². The fourth-order valence-electron chi connectivity index (χ4n) is 1.71. The quantitative estimate of drug-likeness (QED) is 0.709. The van der Waals surface area contributed by atoms with Crippen LogP contribution in [0.3, 0.4) is 0 Å². The van der Waals surface area contributed by atoms with E-state index in [1.807, 2.05) is 6.07 Å². The number of rotatable bonds is 3. The number of carbonyl (C=O) groups is 1. The van der Waals surface area contributed by atoms with E-state index in [4.69, 9.17) is 10.4 Å². The van der Waals surface area contributed by atoms with Gasteiger partial charge in [-0.25, -0.2) is 0 Å². The fourth-order valence-corrected chi connectivity index (χ4v) is 1.71. The topological polar surface area (TPSA) is 64.3 Å². The van der Waals surface area contributed by atoms with E-state index in [2.05, 4.69) is 0 Å². The van der Waals surface area contributed by atoms with Crippen LogP contribution in [0.5, 0.6) is 0 Å². The molecule has 0 bridgehead atoms. The smallest absolute Gasteiger partial charge is 0.239 e. The summed E-state index contributed by atoms with van der Waals surface area (Å²) in [6, 6.07) is 1.92. The van der Waals surface area contributed by atoms with Gasteiger partial charge < -0.3 is 10.0 Å². The lowest BCUT2D eigenvalue weighted by atomic mass is 9.82. The van der Waals surface area contributed by atoms with E-state index in [-0.39, 0.29) is 12.0 Å². The first-order valence-electron chi connectivity index (χ1n) is 4.87. The van der Waals surface area contributed by atoms with Crippen LogP contribution in [0.4, 0.5) is 0 Å². The van der Waals surface area contributed by atoms with E-state index in [1.165, 1.54) is 0 Å². The highest BCUT2D eigenvalue weighted by Gasteiger charge is 2.29. The van der Waals surface area contributed by atoms with E-state index < -0.39 is 5.92 Å². The van der Waals surface area contributed by atoms with E-state index in [0.29, 0.717) is 12.5 Å². The lowest BCUT2D eigenvalue weighted by Gasteiger charge is -2.34. The summed E-state index contributed by atoms with van der Waals surface area (Å²) in [7, 11) is 1.71. The molecule has 4 nitrogen and oxygen atoms in total. The Morgan fingerprint density at radius 1 is 1.71 bits per heavy atom. The molecule has 0 radical (unpaired) electrons. The van der Waals surface area contributed by atoms with Crippen LogP contribution in [0.2, 0.25) is 0 Å². The van der Waals surface area contributed by atoms with Gasteiger partial charge in [-0.2, -0.15) is 5.26 Å². The molecule has 1 unspecified atom stereocenters. The second-order valence-corrected chi connectivity index (χ2v) is 4.06. The molecule has 1 fully saturated rings. The van der Waals surface area contributed by atoms with Crippen molar-refractivity contribution in [3.8, 4) is 6.07 Å². The van der Waals surface area contributed by atoms with Gasteiger partial charge in [-0.1, -0.05) is 0 Å². The van der Waals surface area contributed by atoms with Crippen LogP contribution in [0.25, 0.3) is 0 Å². The van der Waals surface area contributed by atoms with Crippen LogP contribution in [0.15, 0.2) is 0 Å². The van der Waals surface area contributed by atoms with Crippen LogP contribution in [-0.4, -0.2) is 35.6 Å². The molecule has 0 spiro atoms. The molecule has 1 atom stereocenters. The Kier molecular flexibility index (Phi) is 3.48. The maximum absolute atomic E-state index is 11.5. The van der Waals surface area contributed by atoms with Crippen molar-refractivity contribution in [2.24, 2.45) is 11.8 Å². The number of hydrogen-bond acceptors (Lipinski definition) is 3. The average Bonchev–Trinajstić information content (AvgIpc) is 2.12. The number of nitrogens with zero attached hydrogens (tertiary/aromatic N) is 2. The molecule has 1 N–H and O–H groups in total. The summed E-state index contributed by atoms with van der Waals surface area (Å²) in [4.78, 5) is 13.1. The third-order valence-corrected chi connectivity index (χ3v) is 2.68. The maximum Gasteiger partial charge on any atom is 0.239 e. The van der Waals surface area contributed by atoms with E-state index >= 15 is 0 Å². The van der Waals surface area contributed by atoms with Gasteiger partial charge in [-0.15, -0.1) is 0 Å². The van der Waals surface area contributed by atoms with Crippen molar-refractivity contribution in [1.29, 1.82) is 5.26 Å². The summed E-state index contributed by atoms with van der Waals surface area (Å²) >= 11 is 0. The number of aliphatic hydroxyl groups is 1. The molecule has 1 aliphatic rings.